The van der Waals surface area contributed by atoms with Crippen molar-refractivity contribution in [2.45, 2.75) is 19.4 Å². The number of nitrogens with zero attached hydrogens (tertiary/aromatic N) is 2. The van der Waals surface area contributed by atoms with Crippen LogP contribution in [0.15, 0.2) is 41.4 Å². The first-order valence-corrected chi connectivity index (χ1v) is 8.63. The molecule has 0 aliphatic carbocycles. The summed E-state index contributed by atoms with van der Waals surface area (Å²) in [6.07, 6.45) is -1.83. The fourth-order valence-corrected chi connectivity index (χ4v) is 2.37. The van der Waals surface area contributed by atoms with Gasteiger partial charge >= 0.3 is 0 Å². The Morgan fingerprint density at radius 2 is 1.93 bits per heavy atom. The summed E-state index contributed by atoms with van der Waals surface area (Å²) in [5.41, 5.74) is 7.48. The first-order chi connectivity index (χ1) is 13.5. The fourth-order valence-electron chi connectivity index (χ4n) is 2.37. The van der Waals surface area contributed by atoms with E-state index in [2.05, 4.69) is 15.3 Å². The van der Waals surface area contributed by atoms with E-state index in [9.17, 15) is 8.78 Å². The first kappa shape index (κ1) is 24.7. The molecule has 10 heteroatoms. The number of hydrogen-bond acceptors (Lipinski definition) is 5. The van der Waals surface area contributed by atoms with Gasteiger partial charge in [0.15, 0.2) is 24.1 Å². The number of guanidine groups is 1. The van der Waals surface area contributed by atoms with Crippen LogP contribution in [0.5, 0.6) is 17.4 Å². The van der Waals surface area contributed by atoms with Gasteiger partial charge < -0.3 is 25.3 Å². The van der Waals surface area contributed by atoms with Gasteiger partial charge in [0.2, 0.25) is 5.88 Å². The van der Waals surface area contributed by atoms with Crippen LogP contribution in [0.1, 0.15) is 11.3 Å². The van der Waals surface area contributed by atoms with Crippen LogP contribution in [0.4, 0.5) is 8.78 Å². The molecule has 0 amide bonds. The van der Waals surface area contributed by atoms with Gasteiger partial charge in [-0.2, -0.15) is 0 Å². The highest BCUT2D eigenvalue weighted by molar-refractivity contribution is 14.0. The van der Waals surface area contributed by atoms with Crippen LogP contribution < -0.4 is 25.3 Å². The number of aliphatic imine (C=N–C) groups is 1. The number of nitrogens with one attached hydrogen (secondary N) is 1. The van der Waals surface area contributed by atoms with Gasteiger partial charge in [0, 0.05) is 12.6 Å². The Morgan fingerprint density at radius 3 is 2.62 bits per heavy atom. The smallest absolute Gasteiger partial charge is 0.272 e. The van der Waals surface area contributed by atoms with E-state index < -0.39 is 13.0 Å². The Kier molecular flexibility index (Phi) is 11.0. The van der Waals surface area contributed by atoms with E-state index >= 15 is 0 Å². The molecule has 29 heavy (non-hydrogen) atoms. The Labute approximate surface area is 185 Å². The van der Waals surface area contributed by atoms with Crippen molar-refractivity contribution in [3.05, 3.63) is 47.7 Å². The molecule has 1 heterocycles. The van der Waals surface area contributed by atoms with Crippen LogP contribution in [0, 0.1) is 0 Å². The lowest BCUT2D eigenvalue weighted by atomic mass is 10.1. The normalized spacial score (nSPS) is 11.0. The molecule has 0 atom stereocenters. The number of ether oxygens (including phenoxy) is 3. The van der Waals surface area contributed by atoms with E-state index in [1.807, 2.05) is 18.2 Å². The van der Waals surface area contributed by atoms with Crippen molar-refractivity contribution in [1.82, 2.24) is 10.3 Å². The summed E-state index contributed by atoms with van der Waals surface area (Å²) in [7, 11) is 3.18. The molecule has 160 valence electrons. The minimum Gasteiger partial charge on any atom is -0.493 e. The molecule has 0 unspecified atom stereocenters. The Morgan fingerprint density at radius 1 is 1.17 bits per heavy atom. The van der Waals surface area contributed by atoms with E-state index in [1.54, 1.807) is 26.4 Å². The number of halogens is 3. The number of pyridine rings is 1. The Bertz CT molecular complexity index is 794. The van der Waals surface area contributed by atoms with Crippen LogP contribution in [-0.4, -0.2) is 44.7 Å². The third-order valence-corrected chi connectivity index (χ3v) is 3.72. The summed E-state index contributed by atoms with van der Waals surface area (Å²) >= 11 is 0. The zero-order chi connectivity index (χ0) is 20.4. The molecule has 0 aliphatic heterocycles. The Balaban J connectivity index is 0.00000420. The summed E-state index contributed by atoms with van der Waals surface area (Å²) in [5.74, 6) is 1.74. The minimum absolute atomic E-state index is 0. The maximum atomic E-state index is 12.2. The standard InChI is InChI=1S/C19H24F2N4O3.HI/c1-26-15-7-6-13(10-16(15)27-2)8-9-23-19(22)24-11-14-4-3-5-18(25-14)28-12-17(20)21;/h3-7,10,17H,8-9,11-12H2,1-2H3,(H3,22,23,24);1H. The number of rotatable bonds is 10. The van der Waals surface area contributed by atoms with E-state index in [1.165, 1.54) is 6.07 Å². The van der Waals surface area contributed by atoms with E-state index in [0.717, 1.165) is 5.56 Å². The monoisotopic (exact) mass is 522 g/mol. The van der Waals surface area contributed by atoms with E-state index in [-0.39, 0.29) is 42.4 Å². The molecule has 0 fully saturated rings. The van der Waals surface area contributed by atoms with Crippen molar-refractivity contribution in [1.29, 1.82) is 0 Å². The zero-order valence-electron chi connectivity index (χ0n) is 16.2. The highest BCUT2D eigenvalue weighted by Crippen LogP contribution is 2.27. The van der Waals surface area contributed by atoms with Gasteiger partial charge in [0.05, 0.1) is 26.5 Å². The van der Waals surface area contributed by atoms with Crippen LogP contribution in [0.2, 0.25) is 0 Å². The average Bonchev–Trinajstić information content (AvgIpc) is 2.71. The second kappa shape index (κ2) is 13.0. The molecule has 3 N–H and O–H groups in total. The van der Waals surface area contributed by atoms with Crippen LogP contribution in [0.25, 0.3) is 0 Å². The topological polar surface area (TPSA) is 91.0 Å². The Hall–Kier alpha value is -2.37. The second-order valence-corrected chi connectivity index (χ2v) is 5.74. The van der Waals surface area contributed by atoms with Gasteiger partial charge in [-0.25, -0.2) is 18.8 Å². The average molecular weight is 522 g/mol. The molecule has 1 aromatic carbocycles. The van der Waals surface area contributed by atoms with Crippen molar-refractivity contribution < 1.29 is 23.0 Å². The summed E-state index contributed by atoms with van der Waals surface area (Å²) in [6.45, 7) is 0.0937. The highest BCUT2D eigenvalue weighted by Gasteiger charge is 2.06. The molecule has 2 aromatic rings. The van der Waals surface area contributed by atoms with Crippen LogP contribution in [-0.2, 0) is 13.0 Å². The molecule has 0 radical (unpaired) electrons. The quantitative estimate of drug-likeness (QED) is 0.283. The second-order valence-electron chi connectivity index (χ2n) is 5.74. The molecular formula is C19H25F2IN4O3. The number of methoxy groups -OCH3 is 2. The number of hydrogen-bond donors (Lipinski definition) is 2. The number of alkyl halides is 2. The summed E-state index contributed by atoms with van der Waals surface area (Å²) in [4.78, 5) is 8.30. The van der Waals surface area contributed by atoms with Gasteiger partial charge in [0.25, 0.3) is 6.43 Å². The van der Waals surface area contributed by atoms with E-state index in [0.29, 0.717) is 30.2 Å². The summed E-state index contributed by atoms with van der Waals surface area (Å²) in [6, 6.07) is 10.6. The lowest BCUT2D eigenvalue weighted by Crippen LogP contribution is -2.33. The molecule has 0 bridgehead atoms. The van der Waals surface area contributed by atoms with Crippen LogP contribution >= 0.6 is 24.0 Å². The minimum atomic E-state index is -2.55. The van der Waals surface area contributed by atoms with Crippen molar-refractivity contribution >= 4 is 29.9 Å². The number of nitrogens with two attached hydrogens (primary N) is 1. The summed E-state index contributed by atoms with van der Waals surface area (Å²) in [5, 5.41) is 3.02. The summed E-state index contributed by atoms with van der Waals surface area (Å²) < 4.78 is 39.7. The van der Waals surface area contributed by atoms with Crippen molar-refractivity contribution in [3.63, 3.8) is 0 Å². The third kappa shape index (κ3) is 8.67. The molecule has 1 aromatic heterocycles. The first-order valence-electron chi connectivity index (χ1n) is 8.63. The van der Waals surface area contributed by atoms with Gasteiger partial charge in [0.1, 0.15) is 0 Å². The molecule has 2 rings (SSSR count). The molecule has 0 saturated carbocycles. The maximum absolute atomic E-state index is 12.2. The van der Waals surface area contributed by atoms with E-state index in [4.69, 9.17) is 19.9 Å². The zero-order valence-corrected chi connectivity index (χ0v) is 18.6. The van der Waals surface area contributed by atoms with Crippen LogP contribution in [0.3, 0.4) is 0 Å². The highest BCUT2D eigenvalue weighted by atomic mass is 127. The number of aromatic nitrogens is 1. The van der Waals surface area contributed by atoms with Gasteiger partial charge in [-0.15, -0.1) is 24.0 Å². The lowest BCUT2D eigenvalue weighted by molar-refractivity contribution is 0.0795. The van der Waals surface area contributed by atoms with Gasteiger partial charge in [-0.1, -0.05) is 12.1 Å². The fraction of sp³-hybridized carbons (Fsp3) is 0.368. The lowest BCUT2D eigenvalue weighted by Gasteiger charge is -2.10. The number of benzene rings is 1. The molecule has 7 nitrogen and oxygen atoms in total. The molecule has 0 aliphatic rings. The molecular weight excluding hydrogens is 497 g/mol. The largest absolute Gasteiger partial charge is 0.493 e. The molecule has 0 spiro atoms. The van der Waals surface area contributed by atoms with Crippen molar-refractivity contribution in [2.75, 3.05) is 27.4 Å². The van der Waals surface area contributed by atoms with Crippen molar-refractivity contribution in [2.24, 2.45) is 10.7 Å². The predicted molar refractivity (Wildman–Crippen MR) is 118 cm³/mol. The van der Waals surface area contributed by atoms with Gasteiger partial charge in [-0.05, 0) is 30.2 Å². The third-order valence-electron chi connectivity index (χ3n) is 3.72. The maximum Gasteiger partial charge on any atom is 0.272 e. The molecule has 0 saturated heterocycles. The SMILES string of the molecule is COc1ccc(CCNC(N)=NCc2cccc(OCC(F)F)n2)cc1OC.I. The van der Waals surface area contributed by atoms with Gasteiger partial charge in [-0.3, -0.25) is 0 Å². The predicted octanol–water partition coefficient (Wildman–Crippen LogP) is 3.01. The van der Waals surface area contributed by atoms with Crippen molar-refractivity contribution in [3.8, 4) is 17.4 Å².